The van der Waals surface area contributed by atoms with Crippen molar-refractivity contribution in [2.24, 2.45) is 5.41 Å². The Bertz CT molecular complexity index is 213. The Morgan fingerprint density at radius 2 is 2.21 bits per heavy atom. The molecule has 0 radical (unpaired) electrons. The maximum Gasteiger partial charge on any atom is 0.330 e. The fourth-order valence-electron chi connectivity index (χ4n) is 1.33. The van der Waals surface area contributed by atoms with Crippen LogP contribution in [0.15, 0.2) is 0 Å². The number of nitrogens with zero attached hydrogens (tertiary/aromatic N) is 1. The lowest BCUT2D eigenvalue weighted by Gasteiger charge is -2.25. The summed E-state index contributed by atoms with van der Waals surface area (Å²) >= 11 is 3.42. The molecule has 1 aliphatic rings. The van der Waals surface area contributed by atoms with Crippen LogP contribution in [0.2, 0.25) is 0 Å². The lowest BCUT2D eigenvalue weighted by molar-refractivity contribution is -0.202. The van der Waals surface area contributed by atoms with Crippen LogP contribution < -0.4 is 0 Å². The van der Waals surface area contributed by atoms with Crippen molar-refractivity contribution in [3.8, 4) is 0 Å². The number of hydroxylamine groups is 2. The zero-order chi connectivity index (χ0) is 10.8. The molecule has 0 aromatic carbocycles. The Labute approximate surface area is 93.9 Å². The molecule has 1 atom stereocenters. The third-order valence-corrected chi connectivity index (χ3v) is 3.06. The van der Waals surface area contributed by atoms with Crippen molar-refractivity contribution in [3.05, 3.63) is 0 Å². The Balaban J connectivity index is 2.48. The first-order valence-electron chi connectivity index (χ1n) is 5.00. The summed E-state index contributed by atoms with van der Waals surface area (Å²) in [6.07, 6.45) is 2.20. The first kappa shape index (κ1) is 12.0. The summed E-state index contributed by atoms with van der Waals surface area (Å²) in [6, 6.07) is 0.348. The van der Waals surface area contributed by atoms with Crippen LogP contribution in [0.1, 0.15) is 33.6 Å². The fourth-order valence-corrected chi connectivity index (χ4v) is 1.97. The first-order chi connectivity index (χ1) is 6.45. The Morgan fingerprint density at radius 3 is 2.71 bits per heavy atom. The van der Waals surface area contributed by atoms with Gasteiger partial charge in [-0.3, -0.25) is 0 Å². The van der Waals surface area contributed by atoms with E-state index in [2.05, 4.69) is 15.9 Å². The summed E-state index contributed by atoms with van der Waals surface area (Å²) in [6.45, 7) is 6.47. The minimum absolute atomic E-state index is 0.148. The highest BCUT2D eigenvalue weighted by Gasteiger charge is 2.31. The van der Waals surface area contributed by atoms with Crippen LogP contribution in [-0.4, -0.2) is 28.9 Å². The van der Waals surface area contributed by atoms with Crippen LogP contribution >= 0.6 is 15.9 Å². The molecule has 0 aromatic rings. The molecule has 1 aliphatic heterocycles. The SMILES string of the molecule is CC(C)(C)C(=O)ON1CCCC1CBr. The van der Waals surface area contributed by atoms with Gasteiger partial charge in [-0.2, -0.15) is 0 Å². The van der Waals surface area contributed by atoms with Crippen molar-refractivity contribution in [2.75, 3.05) is 11.9 Å². The summed E-state index contributed by atoms with van der Waals surface area (Å²) in [5.74, 6) is -0.148. The molecule has 0 saturated carbocycles. The van der Waals surface area contributed by atoms with Crippen molar-refractivity contribution < 1.29 is 9.63 Å². The van der Waals surface area contributed by atoms with Crippen molar-refractivity contribution in [2.45, 2.75) is 39.7 Å². The van der Waals surface area contributed by atoms with Crippen LogP contribution in [0.4, 0.5) is 0 Å². The fraction of sp³-hybridized carbons (Fsp3) is 0.900. The van der Waals surface area contributed by atoms with Gasteiger partial charge in [0.1, 0.15) is 0 Å². The Hall–Kier alpha value is -0.0900. The van der Waals surface area contributed by atoms with Crippen molar-refractivity contribution in [3.63, 3.8) is 0 Å². The van der Waals surface area contributed by atoms with Gasteiger partial charge >= 0.3 is 5.97 Å². The average Bonchev–Trinajstić information content (AvgIpc) is 2.50. The number of rotatable bonds is 2. The predicted octanol–water partition coefficient (Wildman–Crippen LogP) is 2.35. The molecular weight excluding hydrogens is 246 g/mol. The molecule has 1 saturated heterocycles. The summed E-state index contributed by atoms with van der Waals surface area (Å²) in [5, 5.41) is 2.67. The number of carbonyl (C=O) groups is 1. The van der Waals surface area contributed by atoms with Gasteiger partial charge in [0, 0.05) is 11.9 Å². The number of carbonyl (C=O) groups excluding carboxylic acids is 1. The Kier molecular flexibility index (Phi) is 3.95. The van der Waals surface area contributed by atoms with E-state index in [1.54, 1.807) is 0 Å². The van der Waals surface area contributed by atoms with Gasteiger partial charge < -0.3 is 4.84 Å². The predicted molar refractivity (Wildman–Crippen MR) is 59.1 cm³/mol. The van der Waals surface area contributed by atoms with Crippen molar-refractivity contribution in [1.82, 2.24) is 5.06 Å². The molecule has 1 unspecified atom stereocenters. The third-order valence-electron chi connectivity index (χ3n) is 2.31. The van der Waals surface area contributed by atoms with Crippen LogP contribution in [0.25, 0.3) is 0 Å². The van der Waals surface area contributed by atoms with Crippen LogP contribution in [0, 0.1) is 5.41 Å². The van der Waals surface area contributed by atoms with Gasteiger partial charge in [0.15, 0.2) is 0 Å². The number of hydrogen-bond acceptors (Lipinski definition) is 3. The van der Waals surface area contributed by atoms with Crippen LogP contribution in [0.3, 0.4) is 0 Å². The minimum Gasteiger partial charge on any atom is -0.367 e. The topological polar surface area (TPSA) is 29.5 Å². The second kappa shape index (κ2) is 4.62. The lowest BCUT2D eigenvalue weighted by atomic mass is 9.98. The van der Waals surface area contributed by atoms with E-state index >= 15 is 0 Å². The molecule has 0 amide bonds. The monoisotopic (exact) mass is 263 g/mol. The first-order valence-corrected chi connectivity index (χ1v) is 6.12. The highest BCUT2D eigenvalue weighted by Crippen LogP contribution is 2.23. The maximum atomic E-state index is 11.6. The van der Waals surface area contributed by atoms with E-state index in [0.717, 1.165) is 24.7 Å². The number of halogens is 1. The van der Waals surface area contributed by atoms with Crippen LogP contribution in [-0.2, 0) is 9.63 Å². The highest BCUT2D eigenvalue weighted by molar-refractivity contribution is 9.09. The van der Waals surface area contributed by atoms with E-state index in [0.29, 0.717) is 6.04 Å². The van der Waals surface area contributed by atoms with E-state index in [-0.39, 0.29) is 5.97 Å². The van der Waals surface area contributed by atoms with E-state index in [9.17, 15) is 4.79 Å². The van der Waals surface area contributed by atoms with Crippen molar-refractivity contribution in [1.29, 1.82) is 0 Å². The smallest absolute Gasteiger partial charge is 0.330 e. The Morgan fingerprint density at radius 1 is 1.57 bits per heavy atom. The summed E-state index contributed by atoms with van der Waals surface area (Å²) in [4.78, 5) is 16.9. The van der Waals surface area contributed by atoms with Gasteiger partial charge in [-0.05, 0) is 33.6 Å². The summed E-state index contributed by atoms with van der Waals surface area (Å²) < 4.78 is 0. The summed E-state index contributed by atoms with van der Waals surface area (Å²) in [5.41, 5.74) is -0.417. The van der Waals surface area contributed by atoms with Crippen molar-refractivity contribution >= 4 is 21.9 Å². The molecule has 0 aromatic heterocycles. The standard InChI is InChI=1S/C10H18BrNO2/c1-10(2,3)9(13)14-12-6-4-5-8(12)7-11/h8H,4-7H2,1-3H3. The zero-order valence-corrected chi connectivity index (χ0v) is 10.6. The summed E-state index contributed by atoms with van der Waals surface area (Å²) in [7, 11) is 0. The maximum absolute atomic E-state index is 11.6. The molecule has 4 heteroatoms. The van der Waals surface area contributed by atoms with Gasteiger partial charge in [-0.25, -0.2) is 4.79 Å². The molecule has 1 fully saturated rings. The average molecular weight is 264 g/mol. The van der Waals surface area contributed by atoms with E-state index in [1.807, 2.05) is 25.8 Å². The van der Waals surface area contributed by atoms with Gasteiger partial charge in [0.25, 0.3) is 0 Å². The minimum atomic E-state index is -0.417. The lowest BCUT2D eigenvalue weighted by Crippen LogP contribution is -2.37. The second-order valence-corrected chi connectivity index (χ2v) is 5.37. The quantitative estimate of drug-likeness (QED) is 0.717. The second-order valence-electron chi connectivity index (χ2n) is 4.72. The molecule has 0 bridgehead atoms. The van der Waals surface area contributed by atoms with E-state index in [1.165, 1.54) is 0 Å². The van der Waals surface area contributed by atoms with Crippen LogP contribution in [0.5, 0.6) is 0 Å². The molecule has 3 nitrogen and oxygen atoms in total. The van der Waals surface area contributed by atoms with Gasteiger partial charge in [0.05, 0.1) is 11.5 Å². The van der Waals surface area contributed by atoms with E-state index < -0.39 is 5.41 Å². The van der Waals surface area contributed by atoms with E-state index in [4.69, 9.17) is 4.84 Å². The molecular formula is C10H18BrNO2. The number of alkyl halides is 1. The normalized spacial score (nSPS) is 23.9. The molecule has 1 rings (SSSR count). The zero-order valence-electron chi connectivity index (χ0n) is 9.05. The van der Waals surface area contributed by atoms with Gasteiger partial charge in [-0.15, -0.1) is 5.06 Å². The molecule has 0 spiro atoms. The largest absolute Gasteiger partial charge is 0.367 e. The molecule has 14 heavy (non-hydrogen) atoms. The number of hydrogen-bond donors (Lipinski definition) is 0. The molecule has 0 N–H and O–H groups in total. The molecule has 0 aliphatic carbocycles. The van der Waals surface area contributed by atoms with Gasteiger partial charge in [0.2, 0.25) is 0 Å². The molecule has 82 valence electrons. The third kappa shape index (κ3) is 2.95. The highest BCUT2D eigenvalue weighted by atomic mass is 79.9. The molecule has 1 heterocycles. The van der Waals surface area contributed by atoms with Gasteiger partial charge in [-0.1, -0.05) is 15.9 Å².